The molecule has 1 fully saturated rings. The second kappa shape index (κ2) is 9.01. The third-order valence-corrected chi connectivity index (χ3v) is 5.34. The maximum Gasteiger partial charge on any atom is 0.292 e. The van der Waals surface area contributed by atoms with E-state index < -0.39 is 6.10 Å². The van der Waals surface area contributed by atoms with E-state index >= 15 is 0 Å². The number of hydrogen-bond acceptors (Lipinski definition) is 6. The Morgan fingerprint density at radius 1 is 1.22 bits per heavy atom. The summed E-state index contributed by atoms with van der Waals surface area (Å²) in [5.41, 5.74) is 2.46. The van der Waals surface area contributed by atoms with Gasteiger partial charge in [-0.05, 0) is 23.8 Å². The number of fused-ring (bicyclic) bond motifs is 1. The van der Waals surface area contributed by atoms with Crippen LogP contribution in [0, 0.1) is 0 Å². The van der Waals surface area contributed by atoms with Crippen LogP contribution in [0.5, 0.6) is 11.5 Å². The van der Waals surface area contributed by atoms with Gasteiger partial charge in [0.2, 0.25) is 5.91 Å². The molecule has 2 atom stereocenters. The third kappa shape index (κ3) is 4.22. The van der Waals surface area contributed by atoms with Gasteiger partial charge in [-0.2, -0.15) is 0 Å². The number of H-pyrrole nitrogens is 1. The summed E-state index contributed by atoms with van der Waals surface area (Å²) in [6, 6.07) is 13.0. The Morgan fingerprint density at radius 2 is 2.03 bits per heavy atom. The first-order valence-corrected chi connectivity index (χ1v) is 10.1. The number of benzene rings is 2. The zero-order valence-corrected chi connectivity index (χ0v) is 18.0. The van der Waals surface area contributed by atoms with Gasteiger partial charge in [-0.3, -0.25) is 14.9 Å². The number of carbonyl (C=O) groups is 2. The van der Waals surface area contributed by atoms with E-state index in [9.17, 15) is 9.59 Å². The molecule has 2 heterocycles. The Kier molecular flexibility index (Phi) is 5.98. The van der Waals surface area contributed by atoms with E-state index in [1.54, 1.807) is 25.3 Å². The van der Waals surface area contributed by atoms with Gasteiger partial charge in [-0.25, -0.2) is 4.99 Å². The van der Waals surface area contributed by atoms with Gasteiger partial charge in [0.15, 0.2) is 6.10 Å². The van der Waals surface area contributed by atoms with Gasteiger partial charge in [0.1, 0.15) is 18.0 Å². The van der Waals surface area contributed by atoms with Crippen LogP contribution < -0.4 is 20.1 Å². The van der Waals surface area contributed by atoms with E-state index in [-0.39, 0.29) is 30.3 Å². The summed E-state index contributed by atoms with van der Waals surface area (Å²) in [6.45, 7) is 1.70. The zero-order chi connectivity index (χ0) is 22.7. The van der Waals surface area contributed by atoms with Gasteiger partial charge >= 0.3 is 0 Å². The van der Waals surface area contributed by atoms with Crippen LogP contribution in [0.1, 0.15) is 18.4 Å². The van der Waals surface area contributed by atoms with Gasteiger partial charge in [0.25, 0.3) is 11.9 Å². The Morgan fingerprint density at radius 3 is 2.81 bits per heavy atom. The highest BCUT2D eigenvalue weighted by molar-refractivity contribution is 6.04. The largest absolute Gasteiger partial charge is 0.497 e. The summed E-state index contributed by atoms with van der Waals surface area (Å²) in [4.78, 5) is 32.1. The predicted octanol–water partition coefficient (Wildman–Crippen LogP) is 2.80. The third-order valence-electron chi connectivity index (χ3n) is 5.34. The average Bonchev–Trinajstić information content (AvgIpc) is 3.41. The van der Waals surface area contributed by atoms with E-state index in [1.807, 2.05) is 37.4 Å². The molecule has 2 amide bonds. The highest BCUT2D eigenvalue weighted by Gasteiger charge is 2.37. The molecule has 1 aliphatic rings. The Labute approximate surface area is 184 Å². The van der Waals surface area contributed by atoms with E-state index in [2.05, 4.69) is 20.6 Å². The normalized spacial score (nSPS) is 17.7. The molecule has 0 radical (unpaired) electrons. The van der Waals surface area contributed by atoms with Crippen molar-refractivity contribution in [3.05, 3.63) is 54.2 Å². The molecular formula is C23H24N4O5. The number of methoxy groups -OCH3 is 2. The van der Waals surface area contributed by atoms with Crippen LogP contribution in [0.4, 0.5) is 5.69 Å². The van der Waals surface area contributed by atoms with Crippen molar-refractivity contribution in [1.29, 1.82) is 0 Å². The minimum Gasteiger partial charge on any atom is -0.497 e. The van der Waals surface area contributed by atoms with E-state index in [0.29, 0.717) is 17.2 Å². The number of carbonyl (C=O) groups excluding carboxylic acids is 2. The number of hydrogen-bond donors (Lipinski definition) is 3. The monoisotopic (exact) mass is 436 g/mol. The molecule has 3 aromatic rings. The SMILES string of the molecule is COc1ccc(NC(=O)CN=C2NC(=O)[C@H]([C@H](C)c3c[nH]c4ccccc34)O2)c(OC)c1. The molecule has 3 N–H and O–H groups in total. The minimum atomic E-state index is -0.738. The number of para-hydroxylation sites is 1. The second-order valence-corrected chi connectivity index (χ2v) is 7.34. The number of aliphatic imine (C=N–C) groups is 1. The van der Waals surface area contributed by atoms with Gasteiger partial charge in [0, 0.05) is 29.1 Å². The Balaban J connectivity index is 1.40. The van der Waals surface area contributed by atoms with E-state index in [1.165, 1.54) is 7.11 Å². The molecule has 1 aromatic heterocycles. The molecule has 0 aliphatic carbocycles. The number of amides is 2. The maximum absolute atomic E-state index is 12.5. The summed E-state index contributed by atoms with van der Waals surface area (Å²) in [6.07, 6.45) is 1.15. The number of aromatic nitrogens is 1. The molecule has 166 valence electrons. The standard InChI is InChI=1S/C23H24N4O5/c1-13(16-11-24-17-7-5-4-6-15(16)17)21-22(29)27-23(32-21)25-12-20(28)26-18-9-8-14(30-2)10-19(18)31-3/h4-11,13,21,24H,12H2,1-3H3,(H,26,28)(H,25,27,29)/t13-,21+/m1/s1. The Bertz CT molecular complexity index is 1190. The van der Waals surface area contributed by atoms with Crippen molar-refractivity contribution in [2.75, 3.05) is 26.1 Å². The fourth-order valence-corrected chi connectivity index (χ4v) is 3.65. The van der Waals surface area contributed by atoms with Crippen LogP contribution in [0.25, 0.3) is 10.9 Å². The highest BCUT2D eigenvalue weighted by Crippen LogP contribution is 2.31. The number of ether oxygens (including phenoxy) is 3. The molecule has 9 nitrogen and oxygen atoms in total. The van der Waals surface area contributed by atoms with Crippen LogP contribution in [0.15, 0.2) is 53.7 Å². The average molecular weight is 436 g/mol. The van der Waals surface area contributed by atoms with Crippen LogP contribution in [-0.4, -0.2) is 49.7 Å². The number of nitrogens with one attached hydrogen (secondary N) is 3. The summed E-state index contributed by atoms with van der Waals surface area (Å²) >= 11 is 0. The van der Waals surface area contributed by atoms with Crippen molar-refractivity contribution in [1.82, 2.24) is 10.3 Å². The number of anilines is 1. The predicted molar refractivity (Wildman–Crippen MR) is 120 cm³/mol. The van der Waals surface area contributed by atoms with Crippen molar-refractivity contribution in [3.8, 4) is 11.5 Å². The molecule has 4 rings (SSSR count). The van der Waals surface area contributed by atoms with Crippen molar-refractivity contribution < 1.29 is 23.8 Å². The van der Waals surface area contributed by atoms with Crippen molar-refractivity contribution in [2.45, 2.75) is 18.9 Å². The first kappa shape index (κ1) is 21.2. The van der Waals surface area contributed by atoms with Crippen LogP contribution >= 0.6 is 0 Å². The quantitative estimate of drug-likeness (QED) is 0.527. The molecule has 0 unspecified atom stereocenters. The molecule has 1 aliphatic heterocycles. The maximum atomic E-state index is 12.5. The number of nitrogens with zero attached hydrogens (tertiary/aromatic N) is 1. The van der Waals surface area contributed by atoms with Crippen molar-refractivity contribution >= 4 is 34.4 Å². The van der Waals surface area contributed by atoms with Crippen LogP contribution in [0.2, 0.25) is 0 Å². The number of amidine groups is 1. The van der Waals surface area contributed by atoms with E-state index in [0.717, 1.165) is 16.5 Å². The zero-order valence-electron chi connectivity index (χ0n) is 18.0. The van der Waals surface area contributed by atoms with Crippen LogP contribution in [-0.2, 0) is 14.3 Å². The minimum absolute atomic E-state index is 0.0311. The molecule has 1 saturated heterocycles. The molecule has 9 heteroatoms. The fourth-order valence-electron chi connectivity index (χ4n) is 3.65. The number of rotatable bonds is 7. The molecule has 2 aromatic carbocycles. The molecule has 32 heavy (non-hydrogen) atoms. The lowest BCUT2D eigenvalue weighted by molar-refractivity contribution is -0.124. The molecular weight excluding hydrogens is 412 g/mol. The van der Waals surface area contributed by atoms with Gasteiger partial charge in [-0.15, -0.1) is 0 Å². The molecule has 0 bridgehead atoms. The lowest BCUT2D eigenvalue weighted by Gasteiger charge is -2.15. The van der Waals surface area contributed by atoms with Gasteiger partial charge < -0.3 is 24.5 Å². The topological polar surface area (TPSA) is 114 Å². The first-order valence-electron chi connectivity index (χ1n) is 10.1. The van der Waals surface area contributed by atoms with Crippen molar-refractivity contribution in [2.24, 2.45) is 4.99 Å². The Hall–Kier alpha value is -4.01. The van der Waals surface area contributed by atoms with Gasteiger partial charge in [0.05, 0.1) is 19.9 Å². The molecule has 0 saturated carbocycles. The van der Waals surface area contributed by atoms with Crippen LogP contribution in [0.3, 0.4) is 0 Å². The summed E-state index contributed by atoms with van der Waals surface area (Å²) in [5, 5.41) is 6.37. The first-order chi connectivity index (χ1) is 15.5. The number of aromatic amines is 1. The summed E-state index contributed by atoms with van der Waals surface area (Å²) in [5.74, 6) is 0.183. The van der Waals surface area contributed by atoms with E-state index in [4.69, 9.17) is 14.2 Å². The summed E-state index contributed by atoms with van der Waals surface area (Å²) in [7, 11) is 3.05. The van der Waals surface area contributed by atoms with Gasteiger partial charge in [-0.1, -0.05) is 25.1 Å². The molecule has 0 spiro atoms. The van der Waals surface area contributed by atoms with Crippen molar-refractivity contribution in [3.63, 3.8) is 0 Å². The smallest absolute Gasteiger partial charge is 0.292 e. The lowest BCUT2D eigenvalue weighted by atomic mass is 9.94. The lowest BCUT2D eigenvalue weighted by Crippen LogP contribution is -2.28. The summed E-state index contributed by atoms with van der Waals surface area (Å²) < 4.78 is 16.2. The fraction of sp³-hybridized carbons (Fsp3) is 0.261. The second-order valence-electron chi connectivity index (χ2n) is 7.34. The highest BCUT2D eigenvalue weighted by atomic mass is 16.5.